The summed E-state index contributed by atoms with van der Waals surface area (Å²) in [7, 11) is -3.85. The lowest BCUT2D eigenvalue weighted by molar-refractivity contribution is 0.407. The zero-order valence-corrected chi connectivity index (χ0v) is 20.0. The van der Waals surface area contributed by atoms with Gasteiger partial charge in [-0.15, -0.1) is 5.10 Å². The molecule has 1 N–H and O–H groups in total. The van der Waals surface area contributed by atoms with E-state index in [2.05, 4.69) is 28.8 Å². The van der Waals surface area contributed by atoms with Crippen molar-refractivity contribution in [2.45, 2.75) is 51.1 Å². The third-order valence-electron chi connectivity index (χ3n) is 4.74. The van der Waals surface area contributed by atoms with Gasteiger partial charge in [0.15, 0.2) is 5.82 Å². The van der Waals surface area contributed by atoms with Crippen LogP contribution < -0.4 is 9.46 Å². The number of halogens is 2. The molecule has 0 aliphatic carbocycles. The van der Waals surface area contributed by atoms with Crippen molar-refractivity contribution in [1.29, 1.82) is 0 Å². The van der Waals surface area contributed by atoms with Gasteiger partial charge in [0.25, 0.3) is 0 Å². The van der Waals surface area contributed by atoms with E-state index in [1.54, 1.807) is 11.5 Å². The number of nitrogens with zero attached hydrogens (tertiary/aromatic N) is 3. The Kier molecular flexibility index (Phi) is 7.26. The zero-order valence-electron chi connectivity index (χ0n) is 17.6. The summed E-state index contributed by atoms with van der Waals surface area (Å²) in [5, 5.41) is 8.70. The summed E-state index contributed by atoms with van der Waals surface area (Å²) in [6, 6.07) is 11.5. The highest BCUT2D eigenvalue weighted by Gasteiger charge is 2.24. The Morgan fingerprint density at radius 3 is 2.29 bits per heavy atom. The van der Waals surface area contributed by atoms with E-state index in [4.69, 9.17) is 27.9 Å². The minimum Gasteiger partial charge on any atom is -0.424 e. The number of hydrogen-bond acceptors (Lipinski definition) is 5. The van der Waals surface area contributed by atoms with Crippen LogP contribution in [0.25, 0.3) is 0 Å². The Morgan fingerprint density at radius 2 is 1.71 bits per heavy atom. The number of nitrogens with one attached hydrogen (secondary N) is 1. The second-order valence-corrected chi connectivity index (χ2v) is 9.86. The van der Waals surface area contributed by atoms with Gasteiger partial charge in [-0.1, -0.05) is 54.3 Å². The molecule has 0 spiro atoms. The molecule has 0 radical (unpaired) electrons. The number of aromatic nitrogens is 3. The van der Waals surface area contributed by atoms with Crippen LogP contribution in [0.4, 0.5) is 0 Å². The van der Waals surface area contributed by atoms with E-state index >= 15 is 0 Å². The first-order valence-corrected chi connectivity index (χ1v) is 12.0. The van der Waals surface area contributed by atoms with E-state index in [1.807, 2.05) is 31.2 Å². The molecule has 0 saturated carbocycles. The molecular weight excluding hydrogens is 459 g/mol. The van der Waals surface area contributed by atoms with E-state index in [0.29, 0.717) is 24.0 Å². The second-order valence-electron chi connectivity index (χ2n) is 7.33. The van der Waals surface area contributed by atoms with Crippen LogP contribution >= 0.6 is 23.2 Å². The highest BCUT2D eigenvalue weighted by Crippen LogP contribution is 2.27. The van der Waals surface area contributed by atoms with E-state index < -0.39 is 16.1 Å². The summed E-state index contributed by atoms with van der Waals surface area (Å²) in [5.74, 6) is 1.48. The fourth-order valence-corrected chi connectivity index (χ4v) is 4.61. The molecule has 0 amide bonds. The molecule has 0 bridgehead atoms. The first kappa shape index (κ1) is 23.5. The fourth-order valence-electron chi connectivity index (χ4n) is 3.02. The molecule has 166 valence electrons. The van der Waals surface area contributed by atoms with Gasteiger partial charge in [-0.3, -0.25) is 4.57 Å². The Hall–Kier alpha value is -2.13. The number of rotatable bonds is 8. The fraction of sp³-hybridized carbons (Fsp3) is 0.333. The summed E-state index contributed by atoms with van der Waals surface area (Å²) >= 11 is 11.8. The van der Waals surface area contributed by atoms with Crippen LogP contribution in [0, 0.1) is 0 Å². The Balaban J connectivity index is 1.81. The molecule has 0 aliphatic rings. The van der Waals surface area contributed by atoms with Crippen LogP contribution in [0.5, 0.6) is 11.8 Å². The summed E-state index contributed by atoms with van der Waals surface area (Å²) in [6.45, 7) is 8.33. The standard InChI is InChI=1S/C21H24Cl2N4O3S/c1-5-27-20(14(4)26-31(28,29)17-10-11-18(22)19(23)12-17)24-25-21(27)30-16-8-6-15(7-9-16)13(2)3/h6-14,26H,5H2,1-4H3/t14-/m1/s1. The van der Waals surface area contributed by atoms with Crippen molar-refractivity contribution in [3.05, 3.63) is 63.9 Å². The van der Waals surface area contributed by atoms with Crippen LogP contribution in [0.2, 0.25) is 10.0 Å². The molecule has 10 heteroatoms. The molecular formula is C21H24Cl2N4O3S. The number of ether oxygens (including phenoxy) is 1. The van der Waals surface area contributed by atoms with Crippen molar-refractivity contribution in [1.82, 2.24) is 19.5 Å². The highest BCUT2D eigenvalue weighted by atomic mass is 35.5. The van der Waals surface area contributed by atoms with E-state index in [-0.39, 0.29) is 21.0 Å². The molecule has 0 fully saturated rings. The lowest BCUT2D eigenvalue weighted by Crippen LogP contribution is -2.29. The second kappa shape index (κ2) is 9.56. The summed E-state index contributed by atoms with van der Waals surface area (Å²) in [6.07, 6.45) is 0. The lowest BCUT2D eigenvalue weighted by atomic mass is 10.0. The maximum absolute atomic E-state index is 12.8. The third-order valence-corrected chi connectivity index (χ3v) is 7.02. The maximum Gasteiger partial charge on any atom is 0.322 e. The van der Waals surface area contributed by atoms with Gasteiger partial charge in [-0.25, -0.2) is 13.1 Å². The average molecular weight is 483 g/mol. The molecule has 1 heterocycles. The van der Waals surface area contributed by atoms with Crippen molar-refractivity contribution < 1.29 is 13.2 Å². The Morgan fingerprint density at radius 1 is 1.03 bits per heavy atom. The smallest absolute Gasteiger partial charge is 0.322 e. The van der Waals surface area contributed by atoms with Crippen molar-refractivity contribution in [3.63, 3.8) is 0 Å². The van der Waals surface area contributed by atoms with Crippen molar-refractivity contribution in [2.24, 2.45) is 0 Å². The minimum atomic E-state index is -3.85. The molecule has 2 aromatic carbocycles. The summed E-state index contributed by atoms with van der Waals surface area (Å²) < 4.78 is 35.7. The van der Waals surface area contributed by atoms with Gasteiger partial charge in [-0.05, 0) is 55.7 Å². The van der Waals surface area contributed by atoms with Crippen molar-refractivity contribution in [3.8, 4) is 11.8 Å². The SMILES string of the molecule is CCn1c(Oc2ccc(C(C)C)cc2)nnc1[C@@H](C)NS(=O)(=O)c1ccc(Cl)c(Cl)c1. The Bertz CT molecular complexity index is 1160. The van der Waals surface area contributed by atoms with Crippen LogP contribution in [0.3, 0.4) is 0 Å². The van der Waals surface area contributed by atoms with Gasteiger partial charge in [0, 0.05) is 6.54 Å². The third kappa shape index (κ3) is 5.38. The van der Waals surface area contributed by atoms with E-state index in [1.165, 1.54) is 23.8 Å². The van der Waals surface area contributed by atoms with Gasteiger partial charge >= 0.3 is 6.01 Å². The normalized spacial score (nSPS) is 12.9. The number of benzene rings is 2. The summed E-state index contributed by atoms with van der Waals surface area (Å²) in [5.41, 5.74) is 1.20. The predicted molar refractivity (Wildman–Crippen MR) is 121 cm³/mol. The van der Waals surface area contributed by atoms with Gasteiger partial charge in [0.2, 0.25) is 10.0 Å². The highest BCUT2D eigenvalue weighted by molar-refractivity contribution is 7.89. The monoisotopic (exact) mass is 482 g/mol. The van der Waals surface area contributed by atoms with E-state index in [0.717, 1.165) is 0 Å². The largest absolute Gasteiger partial charge is 0.424 e. The Labute approximate surface area is 192 Å². The maximum atomic E-state index is 12.8. The van der Waals surface area contributed by atoms with Gasteiger partial charge in [0.05, 0.1) is 21.0 Å². The first-order valence-electron chi connectivity index (χ1n) is 9.80. The van der Waals surface area contributed by atoms with Gasteiger partial charge in [0.1, 0.15) is 5.75 Å². The minimum absolute atomic E-state index is 0.0121. The topological polar surface area (TPSA) is 86.1 Å². The molecule has 3 rings (SSSR count). The molecule has 31 heavy (non-hydrogen) atoms. The van der Waals surface area contributed by atoms with E-state index in [9.17, 15) is 8.42 Å². The molecule has 0 aliphatic heterocycles. The van der Waals surface area contributed by atoms with Crippen molar-refractivity contribution in [2.75, 3.05) is 0 Å². The molecule has 3 aromatic rings. The zero-order chi connectivity index (χ0) is 22.8. The molecule has 1 atom stereocenters. The number of hydrogen-bond donors (Lipinski definition) is 1. The molecule has 0 saturated heterocycles. The molecule has 7 nitrogen and oxygen atoms in total. The van der Waals surface area contributed by atoms with Crippen molar-refractivity contribution >= 4 is 33.2 Å². The molecule has 0 unspecified atom stereocenters. The quantitative estimate of drug-likeness (QED) is 0.453. The van der Waals surface area contributed by atoms with Gasteiger partial charge in [-0.2, -0.15) is 0 Å². The van der Waals surface area contributed by atoms with Crippen LogP contribution in [-0.4, -0.2) is 23.2 Å². The van der Waals surface area contributed by atoms with Crippen LogP contribution in [0.1, 0.15) is 51.0 Å². The van der Waals surface area contributed by atoms with Crippen LogP contribution in [-0.2, 0) is 16.6 Å². The van der Waals surface area contributed by atoms with Crippen LogP contribution in [0.15, 0.2) is 47.4 Å². The first-order chi connectivity index (χ1) is 14.6. The lowest BCUT2D eigenvalue weighted by Gasteiger charge is -2.16. The predicted octanol–water partition coefficient (Wildman–Crippen LogP) is 5.56. The number of sulfonamides is 1. The summed E-state index contributed by atoms with van der Waals surface area (Å²) in [4.78, 5) is 0.0121. The molecule has 1 aromatic heterocycles. The van der Waals surface area contributed by atoms with Gasteiger partial charge < -0.3 is 4.74 Å². The average Bonchev–Trinajstić information content (AvgIpc) is 3.12.